The number of nitrogens with zero attached hydrogens (tertiary/aromatic N) is 1. The molecule has 136 valence electrons. The Labute approximate surface area is 157 Å². The van der Waals surface area contributed by atoms with Crippen LogP contribution in [0.3, 0.4) is 0 Å². The van der Waals surface area contributed by atoms with Gasteiger partial charge in [0.1, 0.15) is 5.75 Å². The second-order valence-electron chi connectivity index (χ2n) is 7.97. The molecule has 0 spiro atoms. The van der Waals surface area contributed by atoms with Crippen LogP contribution >= 0.6 is 0 Å². The maximum absolute atomic E-state index is 10.7. The lowest BCUT2D eigenvalue weighted by Gasteiger charge is -2.42. The van der Waals surface area contributed by atoms with Crippen molar-refractivity contribution >= 4 is 0 Å². The summed E-state index contributed by atoms with van der Waals surface area (Å²) in [6.45, 7) is 8.86. The number of phenolic OH excluding ortho intramolecular Hbond substituents is 1. The first-order valence-corrected chi connectivity index (χ1v) is 9.93. The smallest absolute Gasteiger partial charge is 0.123 e. The maximum Gasteiger partial charge on any atom is 0.123 e. The second kappa shape index (κ2) is 6.92. The first kappa shape index (κ1) is 17.4. The van der Waals surface area contributed by atoms with Crippen molar-refractivity contribution in [3.63, 3.8) is 0 Å². The van der Waals surface area contributed by atoms with Crippen molar-refractivity contribution in [3.05, 3.63) is 64.2 Å². The molecule has 1 aliphatic heterocycles. The lowest BCUT2D eigenvalue weighted by atomic mass is 9.75. The van der Waals surface area contributed by atoms with Gasteiger partial charge in [-0.25, -0.2) is 0 Å². The summed E-state index contributed by atoms with van der Waals surface area (Å²) in [6.07, 6.45) is 6.56. The molecule has 0 radical (unpaired) electrons. The van der Waals surface area contributed by atoms with Crippen LogP contribution in [-0.4, -0.2) is 23.1 Å². The molecule has 2 aromatic rings. The van der Waals surface area contributed by atoms with Gasteiger partial charge in [-0.2, -0.15) is 0 Å². The quantitative estimate of drug-likeness (QED) is 0.745. The zero-order valence-corrected chi connectivity index (χ0v) is 16.2. The number of rotatable bonds is 4. The highest BCUT2D eigenvalue weighted by molar-refractivity contribution is 5.81. The minimum absolute atomic E-state index is 0.431. The van der Waals surface area contributed by atoms with Gasteiger partial charge in [0.2, 0.25) is 0 Å². The van der Waals surface area contributed by atoms with E-state index in [-0.39, 0.29) is 0 Å². The average Bonchev–Trinajstić information content (AvgIpc) is 2.63. The summed E-state index contributed by atoms with van der Waals surface area (Å²) in [7, 11) is 0. The van der Waals surface area contributed by atoms with E-state index in [1.807, 2.05) is 6.07 Å². The number of phenols is 1. The van der Waals surface area contributed by atoms with Crippen LogP contribution in [0.2, 0.25) is 0 Å². The summed E-state index contributed by atoms with van der Waals surface area (Å²) in [5, 5.41) is 10.7. The summed E-state index contributed by atoms with van der Waals surface area (Å²) < 4.78 is 0. The normalized spacial score (nSPS) is 18.2. The van der Waals surface area contributed by atoms with Gasteiger partial charge >= 0.3 is 0 Å². The van der Waals surface area contributed by atoms with Crippen LogP contribution in [0, 0.1) is 0 Å². The SMILES string of the molecule is CCCN1CCc2cccc3c2[C@H]1Cc1c(CC=C(C)C)ccc(O)c1-3. The molecular weight excluding hydrogens is 318 g/mol. The highest BCUT2D eigenvalue weighted by atomic mass is 16.3. The number of aromatic hydroxyl groups is 1. The zero-order valence-electron chi connectivity index (χ0n) is 16.2. The molecule has 0 unspecified atom stereocenters. The Kier molecular flexibility index (Phi) is 4.62. The van der Waals surface area contributed by atoms with Gasteiger partial charge in [0, 0.05) is 18.2 Å². The molecule has 1 atom stereocenters. The third-order valence-electron chi connectivity index (χ3n) is 5.93. The first-order chi connectivity index (χ1) is 12.6. The Hall–Kier alpha value is -2.06. The van der Waals surface area contributed by atoms with Gasteiger partial charge in [-0.15, -0.1) is 0 Å². The van der Waals surface area contributed by atoms with Gasteiger partial charge in [-0.3, -0.25) is 4.90 Å². The molecule has 26 heavy (non-hydrogen) atoms. The Morgan fingerprint density at radius 1 is 1.23 bits per heavy atom. The van der Waals surface area contributed by atoms with Crippen molar-refractivity contribution in [2.45, 2.75) is 52.5 Å². The summed E-state index contributed by atoms with van der Waals surface area (Å²) in [5.41, 5.74) is 9.32. The molecule has 2 aromatic carbocycles. The van der Waals surface area contributed by atoms with E-state index in [4.69, 9.17) is 0 Å². The van der Waals surface area contributed by atoms with Crippen LogP contribution in [0.5, 0.6) is 5.75 Å². The minimum atomic E-state index is 0.431. The average molecular weight is 348 g/mol. The lowest BCUT2D eigenvalue weighted by Crippen LogP contribution is -2.39. The number of fused-ring (bicyclic) bond motifs is 2. The topological polar surface area (TPSA) is 23.5 Å². The fourth-order valence-corrected chi connectivity index (χ4v) is 4.74. The molecule has 2 heteroatoms. The van der Waals surface area contributed by atoms with Crippen LogP contribution < -0.4 is 0 Å². The molecular formula is C24H29NO. The van der Waals surface area contributed by atoms with Crippen molar-refractivity contribution in [3.8, 4) is 16.9 Å². The highest BCUT2D eigenvalue weighted by Gasteiger charge is 2.35. The van der Waals surface area contributed by atoms with Crippen LogP contribution in [0.1, 0.15) is 55.5 Å². The minimum Gasteiger partial charge on any atom is -0.507 e. The van der Waals surface area contributed by atoms with Gasteiger partial charge in [0.05, 0.1) is 0 Å². The molecule has 4 rings (SSSR count). The number of benzene rings is 2. The molecule has 1 aliphatic carbocycles. The molecule has 0 bridgehead atoms. The van der Waals surface area contributed by atoms with Crippen molar-refractivity contribution in [1.29, 1.82) is 0 Å². The largest absolute Gasteiger partial charge is 0.507 e. The van der Waals surface area contributed by atoms with E-state index < -0.39 is 0 Å². The fraction of sp³-hybridized carbons (Fsp3) is 0.417. The van der Waals surface area contributed by atoms with E-state index in [2.05, 4.69) is 56.0 Å². The zero-order chi connectivity index (χ0) is 18.3. The monoisotopic (exact) mass is 347 g/mol. The maximum atomic E-state index is 10.7. The van der Waals surface area contributed by atoms with E-state index >= 15 is 0 Å². The summed E-state index contributed by atoms with van der Waals surface area (Å²) in [4.78, 5) is 2.66. The fourth-order valence-electron chi connectivity index (χ4n) is 4.74. The summed E-state index contributed by atoms with van der Waals surface area (Å²) in [6, 6.07) is 11.1. The predicted molar refractivity (Wildman–Crippen MR) is 109 cm³/mol. The molecule has 0 amide bonds. The van der Waals surface area contributed by atoms with Crippen LogP contribution in [0.25, 0.3) is 11.1 Å². The van der Waals surface area contributed by atoms with Crippen molar-refractivity contribution in [2.24, 2.45) is 0 Å². The number of hydrogen-bond acceptors (Lipinski definition) is 2. The molecule has 0 fully saturated rings. The third-order valence-corrected chi connectivity index (χ3v) is 5.93. The van der Waals surface area contributed by atoms with E-state index in [0.717, 1.165) is 37.9 Å². The van der Waals surface area contributed by atoms with Gasteiger partial charge in [0.15, 0.2) is 0 Å². The van der Waals surface area contributed by atoms with Crippen molar-refractivity contribution in [2.75, 3.05) is 13.1 Å². The van der Waals surface area contributed by atoms with Crippen molar-refractivity contribution < 1.29 is 5.11 Å². The Morgan fingerprint density at radius 2 is 2.08 bits per heavy atom. The standard InChI is InChI=1S/C24H29NO/c1-4-13-25-14-12-18-6-5-7-19-23(18)21(25)15-20-17(9-8-16(2)3)10-11-22(26)24(19)20/h5-8,10-11,21,26H,4,9,12-15H2,1-3H3/t21-/m1/s1. The van der Waals surface area contributed by atoms with E-state index in [9.17, 15) is 5.11 Å². The van der Waals surface area contributed by atoms with Gasteiger partial charge in [-0.1, -0.05) is 42.8 Å². The third kappa shape index (κ3) is 2.87. The van der Waals surface area contributed by atoms with E-state index in [1.165, 1.54) is 39.8 Å². The molecule has 2 aliphatic rings. The van der Waals surface area contributed by atoms with Crippen molar-refractivity contribution in [1.82, 2.24) is 4.90 Å². The number of allylic oxidation sites excluding steroid dienone is 2. The first-order valence-electron chi connectivity index (χ1n) is 9.93. The molecule has 0 saturated carbocycles. The van der Waals surface area contributed by atoms with Crippen LogP contribution in [0.4, 0.5) is 0 Å². The highest BCUT2D eigenvalue weighted by Crippen LogP contribution is 2.49. The van der Waals surface area contributed by atoms with Gasteiger partial charge in [0.25, 0.3) is 0 Å². The lowest BCUT2D eigenvalue weighted by molar-refractivity contribution is 0.182. The molecule has 0 saturated heterocycles. The number of hydrogen-bond donors (Lipinski definition) is 1. The summed E-state index contributed by atoms with van der Waals surface area (Å²) >= 11 is 0. The summed E-state index contributed by atoms with van der Waals surface area (Å²) in [5.74, 6) is 0.431. The van der Waals surface area contributed by atoms with Crippen LogP contribution in [-0.2, 0) is 19.3 Å². The Morgan fingerprint density at radius 3 is 2.85 bits per heavy atom. The van der Waals surface area contributed by atoms with Gasteiger partial charge in [-0.05, 0) is 80.0 Å². The Balaban J connectivity index is 1.89. The Bertz CT molecular complexity index is 861. The second-order valence-corrected chi connectivity index (χ2v) is 7.97. The van der Waals surface area contributed by atoms with E-state index in [0.29, 0.717) is 11.8 Å². The molecule has 1 N–H and O–H groups in total. The molecule has 1 heterocycles. The van der Waals surface area contributed by atoms with E-state index in [1.54, 1.807) is 0 Å². The van der Waals surface area contributed by atoms with Gasteiger partial charge < -0.3 is 5.11 Å². The predicted octanol–water partition coefficient (Wildman–Crippen LogP) is 5.43. The molecule has 0 aromatic heterocycles. The molecule has 2 nitrogen and oxygen atoms in total. The van der Waals surface area contributed by atoms with Crippen LogP contribution in [0.15, 0.2) is 42.0 Å².